The molecule has 1 aromatic rings. The molecule has 3 N–H and O–H groups in total. The second-order valence-electron chi connectivity index (χ2n) is 2.97. The molecule has 0 aliphatic carbocycles. The van der Waals surface area contributed by atoms with Crippen molar-refractivity contribution in [3.05, 3.63) is 33.8 Å². The number of nitriles is 1. The van der Waals surface area contributed by atoms with E-state index in [-0.39, 0.29) is 12.6 Å². The van der Waals surface area contributed by atoms with Crippen molar-refractivity contribution in [3.63, 3.8) is 0 Å². The van der Waals surface area contributed by atoms with Crippen LogP contribution in [0, 0.1) is 11.3 Å². The summed E-state index contributed by atoms with van der Waals surface area (Å²) in [6.07, 6.45) is 0.506. The van der Waals surface area contributed by atoms with Gasteiger partial charge in [0.2, 0.25) is 0 Å². The molecule has 0 amide bonds. The van der Waals surface area contributed by atoms with E-state index >= 15 is 0 Å². The molecule has 4 heteroatoms. The van der Waals surface area contributed by atoms with Crippen LogP contribution in [0.2, 0.25) is 0 Å². The lowest BCUT2D eigenvalue weighted by Crippen LogP contribution is -2.12. The molecule has 0 unspecified atom stereocenters. The van der Waals surface area contributed by atoms with Crippen LogP contribution >= 0.6 is 15.9 Å². The summed E-state index contributed by atoms with van der Waals surface area (Å²) in [5, 5.41) is 17.5. The third kappa shape index (κ3) is 2.55. The Bertz CT molecular complexity index is 360. The molecule has 74 valence electrons. The monoisotopic (exact) mass is 254 g/mol. The summed E-state index contributed by atoms with van der Waals surface area (Å²) in [6, 6.07) is 7.25. The fraction of sp³-hybridized carbons (Fsp3) is 0.300. The van der Waals surface area contributed by atoms with Gasteiger partial charge in [-0.15, -0.1) is 0 Å². The lowest BCUT2D eigenvalue weighted by atomic mass is 10.0. The topological polar surface area (TPSA) is 70.0 Å². The molecule has 14 heavy (non-hydrogen) atoms. The zero-order valence-electron chi connectivity index (χ0n) is 7.57. The number of rotatable bonds is 3. The number of halogens is 1. The average Bonchev–Trinajstić information content (AvgIpc) is 2.19. The SMILES string of the molecule is N#Cc1cc([C@@H](N)CCO)ccc1Br. The highest BCUT2D eigenvalue weighted by molar-refractivity contribution is 9.10. The molecule has 1 rings (SSSR count). The first-order valence-electron chi connectivity index (χ1n) is 4.25. The van der Waals surface area contributed by atoms with Crippen LogP contribution in [-0.2, 0) is 0 Å². The van der Waals surface area contributed by atoms with Crippen LogP contribution < -0.4 is 5.73 Å². The average molecular weight is 255 g/mol. The fourth-order valence-electron chi connectivity index (χ4n) is 1.16. The summed E-state index contributed by atoms with van der Waals surface area (Å²) < 4.78 is 0.764. The second-order valence-corrected chi connectivity index (χ2v) is 3.82. The number of hydrogen-bond donors (Lipinski definition) is 2. The number of nitrogens with zero attached hydrogens (tertiary/aromatic N) is 1. The van der Waals surface area contributed by atoms with Gasteiger partial charge >= 0.3 is 0 Å². The molecule has 0 aliphatic heterocycles. The van der Waals surface area contributed by atoms with Gasteiger partial charge in [-0.1, -0.05) is 6.07 Å². The molecular formula is C10H11BrN2O. The van der Waals surface area contributed by atoms with E-state index in [0.717, 1.165) is 10.0 Å². The molecule has 0 heterocycles. The molecule has 1 aromatic carbocycles. The predicted molar refractivity (Wildman–Crippen MR) is 57.5 cm³/mol. The van der Waals surface area contributed by atoms with E-state index in [9.17, 15) is 0 Å². The van der Waals surface area contributed by atoms with Gasteiger partial charge in [0.15, 0.2) is 0 Å². The minimum absolute atomic E-state index is 0.0547. The fourth-order valence-corrected chi connectivity index (χ4v) is 1.50. The molecular weight excluding hydrogens is 244 g/mol. The summed E-state index contributed by atoms with van der Waals surface area (Å²) in [5.41, 5.74) is 7.23. The highest BCUT2D eigenvalue weighted by Gasteiger charge is 2.07. The number of aliphatic hydroxyl groups excluding tert-OH is 1. The first-order chi connectivity index (χ1) is 6.69. The number of aliphatic hydroxyl groups is 1. The molecule has 0 radical (unpaired) electrons. The third-order valence-corrected chi connectivity index (χ3v) is 2.67. The molecule has 1 atom stereocenters. The first-order valence-corrected chi connectivity index (χ1v) is 5.04. The Morgan fingerprint density at radius 3 is 2.86 bits per heavy atom. The summed E-state index contributed by atoms with van der Waals surface area (Å²) in [4.78, 5) is 0. The van der Waals surface area contributed by atoms with E-state index in [0.29, 0.717) is 12.0 Å². The Labute approximate surface area is 91.3 Å². The van der Waals surface area contributed by atoms with E-state index in [1.54, 1.807) is 12.1 Å². The molecule has 0 aromatic heterocycles. The van der Waals surface area contributed by atoms with E-state index in [2.05, 4.69) is 22.0 Å². The normalized spacial score (nSPS) is 12.1. The zero-order chi connectivity index (χ0) is 10.6. The largest absolute Gasteiger partial charge is 0.396 e. The molecule has 0 fully saturated rings. The number of nitrogens with two attached hydrogens (primary N) is 1. The van der Waals surface area contributed by atoms with Crippen molar-refractivity contribution in [2.75, 3.05) is 6.61 Å². The van der Waals surface area contributed by atoms with Crippen molar-refractivity contribution in [1.29, 1.82) is 5.26 Å². The smallest absolute Gasteiger partial charge is 0.100 e. The molecule has 0 aliphatic rings. The van der Waals surface area contributed by atoms with Crippen molar-refractivity contribution in [2.24, 2.45) is 5.73 Å². The van der Waals surface area contributed by atoms with E-state index in [4.69, 9.17) is 16.1 Å². The van der Waals surface area contributed by atoms with E-state index < -0.39 is 0 Å². The summed E-state index contributed by atoms with van der Waals surface area (Å²) in [7, 11) is 0. The summed E-state index contributed by atoms with van der Waals surface area (Å²) in [5.74, 6) is 0. The molecule has 0 bridgehead atoms. The van der Waals surface area contributed by atoms with Crippen LogP contribution in [-0.4, -0.2) is 11.7 Å². The van der Waals surface area contributed by atoms with Gasteiger partial charge in [0.1, 0.15) is 6.07 Å². The maximum absolute atomic E-state index is 8.78. The van der Waals surface area contributed by atoms with Crippen LogP contribution in [0.25, 0.3) is 0 Å². The molecule has 0 spiro atoms. The molecule has 0 saturated carbocycles. The van der Waals surface area contributed by atoms with Crippen LogP contribution in [0.5, 0.6) is 0 Å². The number of hydrogen-bond acceptors (Lipinski definition) is 3. The molecule has 3 nitrogen and oxygen atoms in total. The van der Waals surface area contributed by atoms with Crippen LogP contribution in [0.15, 0.2) is 22.7 Å². The van der Waals surface area contributed by atoms with Crippen LogP contribution in [0.3, 0.4) is 0 Å². The maximum Gasteiger partial charge on any atom is 0.100 e. The first kappa shape index (κ1) is 11.2. The van der Waals surface area contributed by atoms with E-state index in [1.807, 2.05) is 6.07 Å². The lowest BCUT2D eigenvalue weighted by Gasteiger charge is -2.10. The number of benzene rings is 1. The van der Waals surface area contributed by atoms with Crippen molar-refractivity contribution < 1.29 is 5.11 Å². The van der Waals surface area contributed by atoms with Crippen molar-refractivity contribution in [2.45, 2.75) is 12.5 Å². The summed E-state index contributed by atoms with van der Waals surface area (Å²) >= 11 is 3.27. The quantitative estimate of drug-likeness (QED) is 0.863. The lowest BCUT2D eigenvalue weighted by molar-refractivity contribution is 0.276. The Balaban J connectivity index is 2.95. The van der Waals surface area contributed by atoms with Crippen molar-refractivity contribution in [1.82, 2.24) is 0 Å². The Morgan fingerprint density at radius 2 is 2.29 bits per heavy atom. The Hall–Kier alpha value is -0.890. The van der Waals surface area contributed by atoms with Gasteiger partial charge in [-0.3, -0.25) is 0 Å². The van der Waals surface area contributed by atoms with E-state index in [1.165, 1.54) is 0 Å². The van der Waals surface area contributed by atoms with Crippen molar-refractivity contribution >= 4 is 15.9 Å². The highest BCUT2D eigenvalue weighted by Crippen LogP contribution is 2.21. The minimum atomic E-state index is -0.208. The van der Waals surface area contributed by atoms with Gasteiger partial charge in [0.25, 0.3) is 0 Å². The van der Waals surface area contributed by atoms with Gasteiger partial charge in [-0.05, 0) is 40.0 Å². The van der Waals surface area contributed by atoms with Gasteiger partial charge in [-0.2, -0.15) is 5.26 Å². The predicted octanol–water partition coefficient (Wildman–Crippen LogP) is 1.70. The van der Waals surface area contributed by atoms with Crippen molar-refractivity contribution in [3.8, 4) is 6.07 Å². The standard InChI is InChI=1S/C10H11BrN2O/c11-9-2-1-7(5-8(9)6-12)10(13)3-4-14/h1-2,5,10,14H,3-4,13H2/t10-/m0/s1. The maximum atomic E-state index is 8.78. The minimum Gasteiger partial charge on any atom is -0.396 e. The summed E-state index contributed by atoms with van der Waals surface area (Å²) in [6.45, 7) is 0.0547. The van der Waals surface area contributed by atoms with Gasteiger partial charge < -0.3 is 10.8 Å². The highest BCUT2D eigenvalue weighted by atomic mass is 79.9. The second kappa shape index (κ2) is 5.11. The third-order valence-electron chi connectivity index (χ3n) is 1.98. The molecule has 0 saturated heterocycles. The van der Waals surface area contributed by atoms with Gasteiger partial charge in [0, 0.05) is 17.1 Å². The van der Waals surface area contributed by atoms with Crippen LogP contribution in [0.4, 0.5) is 0 Å². The Kier molecular flexibility index (Phi) is 4.08. The van der Waals surface area contributed by atoms with Gasteiger partial charge in [0.05, 0.1) is 5.56 Å². The van der Waals surface area contributed by atoms with Gasteiger partial charge in [-0.25, -0.2) is 0 Å². The van der Waals surface area contributed by atoms with Crippen LogP contribution in [0.1, 0.15) is 23.6 Å². The zero-order valence-corrected chi connectivity index (χ0v) is 9.16. The Morgan fingerprint density at radius 1 is 1.57 bits per heavy atom.